The first kappa shape index (κ1) is 83.2. The number of aliphatic hydroxyl groups excluding tert-OH is 2. The van der Waals surface area contributed by atoms with E-state index in [0.717, 1.165) is 13.1 Å². The molecule has 0 amide bonds. The van der Waals surface area contributed by atoms with Crippen LogP contribution >= 0.6 is 0 Å². The number of aliphatic hydroxyl groups is 2. The number of carboxylic acid groups (broad SMARTS) is 2. The molecule has 0 aromatic rings. The topological polar surface area (TPSA) is 176 Å². The summed E-state index contributed by atoms with van der Waals surface area (Å²) < 4.78 is 37.3. The molecule has 482 valence electrons. The van der Waals surface area contributed by atoms with Gasteiger partial charge < -0.3 is 65.5 Å². The third-order valence-corrected chi connectivity index (χ3v) is 23.0. The van der Waals surface area contributed by atoms with Crippen molar-refractivity contribution in [3.63, 3.8) is 0 Å². The SMILES string of the molecule is CCCCCCCCCCCCCCCCCC[N+](CCC)(CCC)CC(C)[Si](OC)(OC)OC.CCCCCCCCCCCCCCCCCC[N+](CCC)(CCC)CC(C)[Si](OC)(OC)OC.O=C([O-])C(O)C(O)C(=O)[O-]. The Bertz CT molecular complexity index is 1220. The van der Waals surface area contributed by atoms with Crippen LogP contribution in [-0.2, 0) is 36.1 Å². The summed E-state index contributed by atoms with van der Waals surface area (Å²) in [5.41, 5.74) is 0.614. The summed E-state index contributed by atoms with van der Waals surface area (Å²) in [6.45, 7) is 28.2. The van der Waals surface area contributed by atoms with E-state index in [1.54, 1.807) is 42.7 Å². The summed E-state index contributed by atoms with van der Waals surface area (Å²) >= 11 is 0. The monoisotopic (exact) mass is 1180 g/mol. The molecule has 0 saturated carbocycles. The zero-order valence-corrected chi connectivity index (χ0v) is 57.3. The highest BCUT2D eigenvalue weighted by Gasteiger charge is 2.49. The van der Waals surface area contributed by atoms with E-state index in [0.29, 0.717) is 11.1 Å². The zero-order chi connectivity index (χ0) is 60.8. The molecule has 0 spiro atoms. The molecule has 0 radical (unpaired) electrons. The average Bonchev–Trinajstić information content (AvgIpc) is 3.44. The smallest absolute Gasteiger partial charge is 0.508 e. The molecule has 2 N–H and O–H groups in total. The quantitative estimate of drug-likeness (QED) is 0.0335. The largest absolute Gasteiger partial charge is 0.547 e. The van der Waals surface area contributed by atoms with Gasteiger partial charge >= 0.3 is 17.6 Å². The molecule has 0 aliphatic carbocycles. The van der Waals surface area contributed by atoms with Crippen LogP contribution in [0.15, 0.2) is 0 Å². The summed E-state index contributed by atoms with van der Waals surface area (Å²) in [4.78, 5) is 19.3. The molecule has 0 rings (SSSR count). The molecule has 0 saturated heterocycles. The van der Waals surface area contributed by atoms with Crippen molar-refractivity contribution < 1.29 is 65.5 Å². The Balaban J connectivity index is -0.00000126. The Morgan fingerprint density at radius 3 is 0.650 bits per heavy atom. The number of carboxylic acids is 2. The molecule has 0 aromatic carbocycles. The lowest BCUT2D eigenvalue weighted by Crippen LogP contribution is -2.57. The molecule has 4 atom stereocenters. The first-order valence-corrected chi connectivity index (χ1v) is 36.8. The van der Waals surface area contributed by atoms with Crippen LogP contribution in [0, 0.1) is 0 Å². The van der Waals surface area contributed by atoms with Gasteiger partial charge in [0.15, 0.2) is 0 Å². The van der Waals surface area contributed by atoms with Gasteiger partial charge in [-0.05, 0) is 51.4 Å². The fraction of sp³-hybridized carbons (Fsp3) is 0.969. The third kappa shape index (κ3) is 40.3. The third-order valence-electron chi connectivity index (χ3n) is 16.8. The van der Waals surface area contributed by atoms with Crippen LogP contribution in [0.2, 0.25) is 11.1 Å². The Kier molecular flexibility index (Phi) is 58.0. The average molecular weight is 1180 g/mol. The van der Waals surface area contributed by atoms with Gasteiger partial charge in [-0.3, -0.25) is 0 Å². The number of unbranched alkanes of at least 4 members (excludes halogenated alkanes) is 30. The molecule has 0 fully saturated rings. The molecule has 0 aliphatic rings. The number of hydrogen-bond donors (Lipinski definition) is 2. The van der Waals surface area contributed by atoms with Gasteiger partial charge in [-0.1, -0.05) is 235 Å². The van der Waals surface area contributed by atoms with Crippen LogP contribution in [0.25, 0.3) is 0 Å². The first-order chi connectivity index (χ1) is 38.4. The van der Waals surface area contributed by atoms with E-state index >= 15 is 0 Å². The van der Waals surface area contributed by atoms with Crippen LogP contribution in [0.1, 0.15) is 287 Å². The summed E-state index contributed by atoms with van der Waals surface area (Å²) in [6, 6.07) is 0. The molecule has 14 nitrogen and oxygen atoms in total. The lowest BCUT2D eigenvalue weighted by Gasteiger charge is -2.43. The van der Waals surface area contributed by atoms with E-state index < -0.39 is 41.8 Å². The van der Waals surface area contributed by atoms with Gasteiger partial charge in [0.05, 0.1) is 75.4 Å². The number of nitrogens with zero attached hydrogens (tertiary/aromatic N) is 2. The maximum atomic E-state index is 9.63. The standard InChI is InChI=1S/2C30H66NO3Si.C4H6O6/c2*1-8-11-12-13-14-15-16-17-18-19-20-21-22-23-24-25-28-31(26-9-2,27-10-3)29-30(4)35(32-5,33-6)34-7;5-1(3(7)8)2(6)4(9)10/h2*30H,8-29H2,1-7H3;1-2,5-6H,(H,7,8)(H,9,10)/q2*+1;/p-2. The maximum Gasteiger partial charge on any atom is 0.508 e. The molecule has 0 aliphatic heterocycles. The van der Waals surface area contributed by atoms with E-state index in [2.05, 4.69) is 55.4 Å². The second-order valence-electron chi connectivity index (χ2n) is 23.8. The van der Waals surface area contributed by atoms with Crippen molar-refractivity contribution in [2.24, 2.45) is 0 Å². The second kappa shape index (κ2) is 55.8. The minimum Gasteiger partial charge on any atom is -0.547 e. The van der Waals surface area contributed by atoms with Crippen LogP contribution in [-0.4, -0.2) is 156 Å². The fourth-order valence-electron chi connectivity index (χ4n) is 12.5. The molecule has 80 heavy (non-hydrogen) atoms. The van der Waals surface area contributed by atoms with E-state index in [1.807, 2.05) is 0 Å². The van der Waals surface area contributed by atoms with Crippen LogP contribution in [0.3, 0.4) is 0 Å². The van der Waals surface area contributed by atoms with Gasteiger partial charge in [-0.25, -0.2) is 0 Å². The van der Waals surface area contributed by atoms with Crippen LogP contribution in [0.5, 0.6) is 0 Å². The van der Waals surface area contributed by atoms with Crippen molar-refractivity contribution in [2.45, 2.75) is 310 Å². The Morgan fingerprint density at radius 2 is 0.500 bits per heavy atom. The van der Waals surface area contributed by atoms with Crippen molar-refractivity contribution in [3.05, 3.63) is 0 Å². The van der Waals surface area contributed by atoms with Gasteiger partial charge in [0.25, 0.3) is 0 Å². The lowest BCUT2D eigenvalue weighted by molar-refractivity contribution is -0.928. The molecule has 4 unspecified atom stereocenters. The van der Waals surface area contributed by atoms with Gasteiger partial charge in [0.1, 0.15) is 12.2 Å². The van der Waals surface area contributed by atoms with Crippen molar-refractivity contribution in [1.29, 1.82) is 0 Å². The number of carbonyl (C=O) groups excluding carboxylic acids is 2. The van der Waals surface area contributed by atoms with Crippen molar-refractivity contribution in [1.82, 2.24) is 0 Å². The number of aliphatic carboxylic acids is 2. The second-order valence-corrected chi connectivity index (χ2v) is 30.6. The van der Waals surface area contributed by atoms with E-state index in [1.165, 1.54) is 279 Å². The lowest BCUT2D eigenvalue weighted by atomic mass is 10.0. The first-order valence-electron chi connectivity index (χ1n) is 33.2. The number of rotatable bonds is 57. The molecular formula is C64H136N2O12Si2. The molecular weight excluding hydrogens is 1040 g/mol. The Hall–Kier alpha value is -1.03. The van der Waals surface area contributed by atoms with Crippen LogP contribution < -0.4 is 10.2 Å². The zero-order valence-electron chi connectivity index (χ0n) is 55.3. The number of hydrogen-bond acceptors (Lipinski definition) is 12. The van der Waals surface area contributed by atoms with Crippen LogP contribution in [0.4, 0.5) is 0 Å². The molecule has 0 heterocycles. The van der Waals surface area contributed by atoms with Crippen molar-refractivity contribution in [2.75, 3.05) is 95.0 Å². The minimum atomic E-state index is -2.60. The minimum absolute atomic E-state index is 0.307. The number of carbonyl (C=O) groups is 2. The summed E-state index contributed by atoms with van der Waals surface area (Å²) in [6.07, 6.45) is 45.7. The molecule has 0 bridgehead atoms. The van der Waals surface area contributed by atoms with E-state index in [4.69, 9.17) is 36.8 Å². The highest BCUT2D eigenvalue weighted by Crippen LogP contribution is 2.31. The number of quaternary nitrogens is 2. The summed E-state index contributed by atoms with van der Waals surface area (Å²) in [5.74, 6) is -4.12. The van der Waals surface area contributed by atoms with Gasteiger partial charge in [-0.2, -0.15) is 0 Å². The predicted molar refractivity (Wildman–Crippen MR) is 334 cm³/mol. The Morgan fingerprint density at radius 1 is 0.325 bits per heavy atom. The highest BCUT2D eigenvalue weighted by atomic mass is 28.4. The molecule has 0 aromatic heterocycles. The van der Waals surface area contributed by atoms with Crippen molar-refractivity contribution >= 4 is 29.5 Å². The summed E-state index contributed by atoms with van der Waals surface area (Å²) in [7, 11) is 5.31. The van der Waals surface area contributed by atoms with E-state index in [9.17, 15) is 19.8 Å². The fourth-order valence-corrected chi connectivity index (χ4v) is 17.1. The maximum absolute atomic E-state index is 9.63. The van der Waals surface area contributed by atoms with Crippen molar-refractivity contribution in [3.8, 4) is 0 Å². The van der Waals surface area contributed by atoms with Gasteiger partial charge in [-0.15, -0.1) is 0 Å². The molecule has 16 heteroatoms. The van der Waals surface area contributed by atoms with Gasteiger partial charge in [0.2, 0.25) is 0 Å². The predicted octanol–water partition coefficient (Wildman–Crippen LogP) is 13.5. The van der Waals surface area contributed by atoms with Gasteiger partial charge in [0, 0.05) is 42.7 Å². The van der Waals surface area contributed by atoms with E-state index in [-0.39, 0.29) is 0 Å². The Labute approximate surface area is 497 Å². The normalized spacial score (nSPS) is 13.8. The summed E-state index contributed by atoms with van der Waals surface area (Å²) in [5, 5.41) is 35.7. The highest BCUT2D eigenvalue weighted by molar-refractivity contribution is 6.62.